The van der Waals surface area contributed by atoms with Crippen molar-refractivity contribution in [3.8, 4) is 16.3 Å². The first-order valence-corrected chi connectivity index (χ1v) is 11.0. The monoisotopic (exact) mass is 498 g/mol. The number of amides is 1. The van der Waals surface area contributed by atoms with Gasteiger partial charge in [0.05, 0.1) is 22.3 Å². The van der Waals surface area contributed by atoms with Gasteiger partial charge >= 0.3 is 0 Å². The van der Waals surface area contributed by atoms with Crippen molar-refractivity contribution in [3.63, 3.8) is 0 Å². The second-order valence-corrected chi connectivity index (χ2v) is 8.74. The van der Waals surface area contributed by atoms with E-state index in [-0.39, 0.29) is 5.91 Å². The quantitative estimate of drug-likeness (QED) is 0.300. The number of aromatic nitrogens is 1. The lowest BCUT2D eigenvalue weighted by Gasteiger charge is -2.07. The first-order valence-electron chi connectivity index (χ1n) is 9.01. The average molecular weight is 500 g/mol. The molecule has 150 valence electrons. The van der Waals surface area contributed by atoms with Crippen LogP contribution in [0.15, 0.2) is 71.2 Å². The van der Waals surface area contributed by atoms with E-state index in [2.05, 4.69) is 26.2 Å². The van der Waals surface area contributed by atoms with Gasteiger partial charge in [0.15, 0.2) is 0 Å². The molecule has 0 saturated carbocycles. The summed E-state index contributed by atoms with van der Waals surface area (Å²) in [5, 5.41) is 4.27. The van der Waals surface area contributed by atoms with Crippen LogP contribution in [0.1, 0.15) is 5.56 Å². The van der Waals surface area contributed by atoms with Crippen molar-refractivity contribution in [3.05, 3.63) is 81.8 Å². The summed E-state index contributed by atoms with van der Waals surface area (Å²) in [4.78, 5) is 17.1. The zero-order chi connectivity index (χ0) is 21.1. The van der Waals surface area contributed by atoms with E-state index in [4.69, 9.17) is 16.3 Å². The van der Waals surface area contributed by atoms with E-state index < -0.39 is 0 Å². The van der Waals surface area contributed by atoms with Gasteiger partial charge in [-0.25, -0.2) is 4.98 Å². The Morgan fingerprint density at radius 3 is 2.80 bits per heavy atom. The zero-order valence-corrected chi connectivity index (χ0v) is 19.0. The molecule has 0 saturated heterocycles. The number of carbonyl (C=O) groups is 1. The number of thiazole rings is 1. The van der Waals surface area contributed by atoms with Crippen LogP contribution in [0, 0.1) is 0 Å². The number of hydrogen-bond acceptors (Lipinski definition) is 4. The topological polar surface area (TPSA) is 51.2 Å². The fourth-order valence-corrected chi connectivity index (χ4v) is 4.58. The number of rotatable bonds is 5. The van der Waals surface area contributed by atoms with Crippen molar-refractivity contribution < 1.29 is 9.53 Å². The smallest absolute Gasteiger partial charge is 0.248 e. The van der Waals surface area contributed by atoms with Gasteiger partial charge in [0.25, 0.3) is 0 Å². The fourth-order valence-electron chi connectivity index (χ4n) is 2.94. The van der Waals surface area contributed by atoms with Crippen LogP contribution in [-0.4, -0.2) is 18.0 Å². The average Bonchev–Trinajstić information content (AvgIpc) is 3.18. The normalized spacial score (nSPS) is 11.2. The van der Waals surface area contributed by atoms with E-state index in [0.717, 1.165) is 30.8 Å². The summed E-state index contributed by atoms with van der Waals surface area (Å²) >= 11 is 11.4. The summed E-state index contributed by atoms with van der Waals surface area (Å²) in [5.74, 6) is 0.432. The summed E-state index contributed by atoms with van der Waals surface area (Å²) in [6.07, 6.45) is 3.18. The highest BCUT2D eigenvalue weighted by atomic mass is 79.9. The van der Waals surface area contributed by atoms with Gasteiger partial charge in [0.2, 0.25) is 5.91 Å². The van der Waals surface area contributed by atoms with Crippen LogP contribution in [0.25, 0.3) is 26.9 Å². The molecular formula is C23H16BrClN2O2S. The molecule has 0 radical (unpaired) electrons. The highest BCUT2D eigenvalue weighted by molar-refractivity contribution is 9.10. The van der Waals surface area contributed by atoms with E-state index in [1.54, 1.807) is 36.7 Å². The van der Waals surface area contributed by atoms with E-state index in [1.165, 1.54) is 6.08 Å². The zero-order valence-electron chi connectivity index (χ0n) is 15.9. The summed E-state index contributed by atoms with van der Waals surface area (Å²) in [6.45, 7) is 0. The van der Waals surface area contributed by atoms with Crippen LogP contribution in [0.5, 0.6) is 5.75 Å². The maximum Gasteiger partial charge on any atom is 0.248 e. The molecule has 0 aliphatic heterocycles. The molecule has 1 heterocycles. The van der Waals surface area contributed by atoms with Crippen LogP contribution in [0.2, 0.25) is 5.02 Å². The Morgan fingerprint density at radius 1 is 1.17 bits per heavy atom. The number of nitrogens with one attached hydrogen (secondary N) is 1. The summed E-state index contributed by atoms with van der Waals surface area (Å²) < 4.78 is 7.32. The minimum atomic E-state index is -0.255. The van der Waals surface area contributed by atoms with Crippen molar-refractivity contribution in [1.82, 2.24) is 4.98 Å². The molecule has 0 fully saturated rings. The molecule has 0 unspecified atom stereocenters. The molecule has 0 aliphatic carbocycles. The van der Waals surface area contributed by atoms with Gasteiger partial charge in [0.1, 0.15) is 10.8 Å². The molecule has 4 aromatic rings. The number of benzene rings is 3. The molecule has 7 heteroatoms. The van der Waals surface area contributed by atoms with Crippen LogP contribution in [0.4, 0.5) is 5.69 Å². The molecule has 1 aromatic heterocycles. The number of halogens is 2. The first kappa shape index (κ1) is 20.6. The van der Waals surface area contributed by atoms with Crippen LogP contribution >= 0.6 is 38.9 Å². The third-order valence-corrected chi connectivity index (χ3v) is 6.26. The first-order chi connectivity index (χ1) is 14.5. The van der Waals surface area contributed by atoms with Crippen molar-refractivity contribution in [2.45, 2.75) is 0 Å². The second kappa shape index (κ2) is 9.00. The van der Waals surface area contributed by atoms with Gasteiger partial charge in [-0.3, -0.25) is 4.79 Å². The van der Waals surface area contributed by atoms with Crippen LogP contribution in [0.3, 0.4) is 0 Å². The number of para-hydroxylation sites is 1. The number of fused-ring (bicyclic) bond motifs is 1. The minimum absolute atomic E-state index is 0.255. The molecule has 4 nitrogen and oxygen atoms in total. The number of anilines is 1. The third-order valence-electron chi connectivity index (χ3n) is 4.36. The molecule has 1 amide bonds. The van der Waals surface area contributed by atoms with Gasteiger partial charge < -0.3 is 10.1 Å². The number of hydrogen-bond donors (Lipinski definition) is 1. The predicted molar refractivity (Wildman–Crippen MR) is 128 cm³/mol. The van der Waals surface area contributed by atoms with Gasteiger partial charge in [-0.05, 0) is 54.6 Å². The van der Waals surface area contributed by atoms with Crippen molar-refractivity contribution in [1.29, 1.82) is 0 Å². The largest absolute Gasteiger partial charge is 0.496 e. The molecule has 0 aliphatic rings. The maximum absolute atomic E-state index is 12.4. The Bertz CT molecular complexity index is 1240. The van der Waals surface area contributed by atoms with Gasteiger partial charge in [0, 0.05) is 27.4 Å². The lowest BCUT2D eigenvalue weighted by molar-refractivity contribution is -0.111. The fraction of sp³-hybridized carbons (Fsp3) is 0.0435. The third kappa shape index (κ3) is 4.56. The number of ether oxygens (including phenoxy) is 1. The van der Waals surface area contributed by atoms with Gasteiger partial charge in [-0.1, -0.05) is 39.7 Å². The Kier molecular flexibility index (Phi) is 6.18. The predicted octanol–water partition coefficient (Wildman–Crippen LogP) is 7.04. The van der Waals surface area contributed by atoms with Gasteiger partial charge in [-0.2, -0.15) is 0 Å². The molecule has 1 N–H and O–H groups in total. The summed E-state index contributed by atoms with van der Waals surface area (Å²) in [6, 6.07) is 18.9. The van der Waals surface area contributed by atoms with Crippen molar-refractivity contribution in [2.75, 3.05) is 12.4 Å². The lowest BCUT2D eigenvalue weighted by Crippen LogP contribution is -2.07. The van der Waals surface area contributed by atoms with E-state index in [1.807, 2.05) is 48.5 Å². The SMILES string of the molecule is COc1ccc(Br)cc1/C=C/C(=O)Nc1ccc(Cl)c(-c2nc3ccccc3s2)c1. The summed E-state index contributed by atoms with van der Waals surface area (Å²) in [7, 11) is 1.60. The van der Waals surface area contributed by atoms with E-state index in [0.29, 0.717) is 16.5 Å². The molecule has 30 heavy (non-hydrogen) atoms. The summed E-state index contributed by atoms with van der Waals surface area (Å²) in [5.41, 5.74) is 3.15. The number of nitrogens with zero attached hydrogens (tertiary/aromatic N) is 1. The molecule has 0 bridgehead atoms. The Morgan fingerprint density at radius 2 is 2.00 bits per heavy atom. The molecule has 4 rings (SSSR count). The van der Waals surface area contributed by atoms with Crippen LogP contribution in [-0.2, 0) is 4.79 Å². The van der Waals surface area contributed by atoms with Crippen molar-refractivity contribution in [2.24, 2.45) is 0 Å². The molecule has 0 atom stereocenters. The number of methoxy groups -OCH3 is 1. The van der Waals surface area contributed by atoms with Crippen molar-refractivity contribution >= 4 is 66.8 Å². The highest BCUT2D eigenvalue weighted by Gasteiger charge is 2.11. The number of carbonyl (C=O) groups excluding carboxylic acids is 1. The van der Waals surface area contributed by atoms with Crippen LogP contribution < -0.4 is 10.1 Å². The molecule has 0 spiro atoms. The lowest BCUT2D eigenvalue weighted by atomic mass is 10.2. The highest BCUT2D eigenvalue weighted by Crippen LogP contribution is 2.36. The van der Waals surface area contributed by atoms with E-state index in [9.17, 15) is 4.79 Å². The Balaban J connectivity index is 1.56. The standard InChI is InChI=1S/C23H16BrClN2O2S/c1-29-20-10-7-15(24)12-14(20)6-11-22(28)26-16-8-9-18(25)17(13-16)23-27-19-4-2-3-5-21(19)30-23/h2-13H,1H3,(H,26,28)/b11-6+. The van der Waals surface area contributed by atoms with E-state index >= 15 is 0 Å². The van der Waals surface area contributed by atoms with Gasteiger partial charge in [-0.15, -0.1) is 11.3 Å². The second-order valence-electron chi connectivity index (χ2n) is 6.39. The molecule has 3 aromatic carbocycles. The minimum Gasteiger partial charge on any atom is -0.496 e. The Labute approximate surface area is 191 Å². The molecular weight excluding hydrogens is 484 g/mol. The maximum atomic E-state index is 12.4. The Hall–Kier alpha value is -2.67.